The summed E-state index contributed by atoms with van der Waals surface area (Å²) in [5.74, 6) is 0.804. The lowest BCUT2D eigenvalue weighted by Gasteiger charge is -2.13. The second-order valence-corrected chi connectivity index (χ2v) is 8.07. The van der Waals surface area contributed by atoms with Gasteiger partial charge in [-0.25, -0.2) is 9.50 Å². The molecule has 0 saturated carbocycles. The highest BCUT2D eigenvalue weighted by molar-refractivity contribution is 6.32. The van der Waals surface area contributed by atoms with E-state index in [1.165, 1.54) is 0 Å². The van der Waals surface area contributed by atoms with E-state index in [1.807, 2.05) is 47.9 Å². The van der Waals surface area contributed by atoms with E-state index in [2.05, 4.69) is 49.5 Å². The van der Waals surface area contributed by atoms with Gasteiger partial charge in [0.2, 0.25) is 0 Å². The minimum Gasteiger partial charge on any atom is -0.497 e. The second-order valence-electron chi connectivity index (χ2n) is 7.71. The number of allylic oxidation sites excluding steroid dienone is 10. The second kappa shape index (κ2) is 10.5. The maximum atomic E-state index is 6.84. The number of ether oxygens (including phenoxy) is 1. The molecule has 0 spiro atoms. The third kappa shape index (κ3) is 4.71. The quantitative estimate of drug-likeness (QED) is 0.278. The van der Waals surface area contributed by atoms with E-state index in [4.69, 9.17) is 26.4 Å². The van der Waals surface area contributed by atoms with Gasteiger partial charge in [-0.05, 0) is 43.0 Å². The Morgan fingerprint density at radius 1 is 1.12 bits per heavy atom. The van der Waals surface area contributed by atoms with Crippen LogP contribution in [0.1, 0.15) is 37.2 Å². The third-order valence-corrected chi connectivity index (χ3v) is 5.90. The van der Waals surface area contributed by atoms with E-state index < -0.39 is 0 Å². The van der Waals surface area contributed by atoms with Crippen LogP contribution in [-0.2, 0) is 12.8 Å². The summed E-state index contributed by atoms with van der Waals surface area (Å²) in [5.41, 5.74) is 6.83. The molecule has 0 radical (unpaired) electrons. The van der Waals surface area contributed by atoms with Crippen molar-refractivity contribution in [2.75, 3.05) is 7.11 Å². The molecule has 4 nitrogen and oxygen atoms in total. The fourth-order valence-electron chi connectivity index (χ4n) is 4.04. The van der Waals surface area contributed by atoms with Gasteiger partial charge in [-0.1, -0.05) is 85.3 Å². The average molecular weight is 458 g/mol. The molecule has 4 rings (SSSR count). The van der Waals surface area contributed by atoms with Crippen molar-refractivity contribution in [2.24, 2.45) is 0 Å². The lowest BCUT2D eigenvalue weighted by Crippen LogP contribution is -2.04. The van der Waals surface area contributed by atoms with Gasteiger partial charge in [-0.2, -0.15) is 5.10 Å². The minimum absolute atomic E-state index is 0.482. The Bertz CT molecular complexity index is 1290. The fourth-order valence-corrected chi connectivity index (χ4v) is 4.34. The summed E-state index contributed by atoms with van der Waals surface area (Å²) in [6.45, 7) is 4.13. The average Bonchev–Trinajstić information content (AvgIpc) is 2.99. The minimum atomic E-state index is 0.482. The van der Waals surface area contributed by atoms with Gasteiger partial charge in [-0.15, -0.1) is 0 Å². The summed E-state index contributed by atoms with van der Waals surface area (Å²) in [4.78, 5) is 4.87. The van der Waals surface area contributed by atoms with Gasteiger partial charge in [-0.3, -0.25) is 0 Å². The summed E-state index contributed by atoms with van der Waals surface area (Å²) in [5, 5.41) is 5.53. The van der Waals surface area contributed by atoms with Gasteiger partial charge in [0.05, 0.1) is 24.1 Å². The van der Waals surface area contributed by atoms with Crippen molar-refractivity contribution in [3.05, 3.63) is 101 Å². The normalized spacial score (nSPS) is 13.9. The van der Waals surface area contributed by atoms with Crippen LogP contribution in [-0.4, -0.2) is 21.7 Å². The van der Waals surface area contributed by atoms with Crippen molar-refractivity contribution in [1.82, 2.24) is 14.6 Å². The molecular weight excluding hydrogens is 430 g/mol. The zero-order valence-electron chi connectivity index (χ0n) is 19.3. The van der Waals surface area contributed by atoms with E-state index in [-0.39, 0.29) is 0 Å². The van der Waals surface area contributed by atoms with Crippen LogP contribution in [0.2, 0.25) is 5.15 Å². The highest BCUT2D eigenvalue weighted by Gasteiger charge is 2.22. The smallest absolute Gasteiger partial charge is 0.165 e. The van der Waals surface area contributed by atoms with Crippen molar-refractivity contribution in [1.29, 1.82) is 0 Å². The molecule has 0 unspecified atom stereocenters. The number of hydrogen-bond acceptors (Lipinski definition) is 3. The Hall–Kier alpha value is -3.37. The lowest BCUT2D eigenvalue weighted by atomic mass is 10.0. The first-order chi connectivity index (χ1) is 16.2. The van der Waals surface area contributed by atoms with E-state index in [0.717, 1.165) is 57.9 Å². The maximum Gasteiger partial charge on any atom is 0.165 e. The molecule has 3 aromatic rings. The van der Waals surface area contributed by atoms with Gasteiger partial charge in [0, 0.05) is 12.0 Å². The van der Waals surface area contributed by atoms with Crippen LogP contribution < -0.4 is 4.74 Å². The van der Waals surface area contributed by atoms with Gasteiger partial charge < -0.3 is 4.74 Å². The van der Waals surface area contributed by atoms with Crippen LogP contribution in [0, 0.1) is 0 Å². The van der Waals surface area contributed by atoms with Crippen molar-refractivity contribution in [3.63, 3.8) is 0 Å². The number of halogens is 1. The predicted octanol–water partition coefficient (Wildman–Crippen LogP) is 7.20. The van der Waals surface area contributed by atoms with Crippen molar-refractivity contribution in [3.8, 4) is 16.9 Å². The topological polar surface area (TPSA) is 39.4 Å². The highest BCUT2D eigenvalue weighted by atomic mass is 35.5. The fraction of sp³-hybridized carbons (Fsp3) is 0.214. The standard InChI is InChI=1S/C28H28ClN3O/c1-4-6-7-12-15-23-25(20-13-10-8-9-11-14-20)28-30-27(29)26(24(5-2)32(28)31-23)21-16-18-22(33-3)19-17-21/h4,6-8,10-14,16-19H,5,9,15H2,1-3H3/b6-4-,12-7-. The number of aryl methyl sites for hydroxylation is 1. The molecule has 0 bridgehead atoms. The molecule has 5 heteroatoms. The highest BCUT2D eigenvalue weighted by Crippen LogP contribution is 2.35. The molecule has 2 aromatic heterocycles. The number of hydrogen-bond donors (Lipinski definition) is 0. The number of aromatic nitrogens is 3. The monoisotopic (exact) mass is 457 g/mol. The van der Waals surface area contributed by atoms with Crippen LogP contribution in [0.4, 0.5) is 0 Å². The van der Waals surface area contributed by atoms with E-state index >= 15 is 0 Å². The van der Waals surface area contributed by atoms with Gasteiger partial charge in [0.1, 0.15) is 10.9 Å². The molecule has 0 aliphatic heterocycles. The SMILES string of the molecule is C/C=C\C=C/Cc1nn2c(CC)c(-c3ccc(OC)cc3)c(Cl)nc2c1C1=CC=CCC=C1. The number of rotatable bonds is 7. The zero-order valence-corrected chi connectivity index (χ0v) is 20.0. The van der Waals surface area contributed by atoms with Gasteiger partial charge in [0.25, 0.3) is 0 Å². The van der Waals surface area contributed by atoms with Gasteiger partial charge in [0.15, 0.2) is 5.65 Å². The van der Waals surface area contributed by atoms with Crippen LogP contribution >= 0.6 is 11.6 Å². The molecule has 0 saturated heterocycles. The van der Waals surface area contributed by atoms with Crippen molar-refractivity contribution in [2.45, 2.75) is 33.1 Å². The number of fused-ring (bicyclic) bond motifs is 1. The Balaban J connectivity index is 1.95. The summed E-state index contributed by atoms with van der Waals surface area (Å²) in [7, 11) is 1.66. The zero-order chi connectivity index (χ0) is 23.2. The van der Waals surface area contributed by atoms with E-state index in [9.17, 15) is 0 Å². The first-order valence-electron chi connectivity index (χ1n) is 11.2. The van der Waals surface area contributed by atoms with E-state index in [1.54, 1.807) is 7.11 Å². The molecule has 1 aliphatic carbocycles. The summed E-state index contributed by atoms with van der Waals surface area (Å²) < 4.78 is 7.29. The van der Waals surface area contributed by atoms with Crippen LogP contribution in [0.3, 0.4) is 0 Å². The Morgan fingerprint density at radius 2 is 1.94 bits per heavy atom. The molecule has 0 fully saturated rings. The molecule has 33 heavy (non-hydrogen) atoms. The summed E-state index contributed by atoms with van der Waals surface area (Å²) in [6, 6.07) is 7.90. The Labute approximate surface area is 200 Å². The number of methoxy groups -OCH3 is 1. The molecule has 168 valence electrons. The third-order valence-electron chi connectivity index (χ3n) is 5.62. The van der Waals surface area contributed by atoms with Crippen molar-refractivity contribution < 1.29 is 4.74 Å². The van der Waals surface area contributed by atoms with Crippen LogP contribution in [0.5, 0.6) is 5.75 Å². The van der Waals surface area contributed by atoms with Gasteiger partial charge >= 0.3 is 0 Å². The largest absolute Gasteiger partial charge is 0.497 e. The Kier molecular flexibility index (Phi) is 7.26. The molecule has 0 N–H and O–H groups in total. The predicted molar refractivity (Wildman–Crippen MR) is 138 cm³/mol. The first-order valence-corrected chi connectivity index (χ1v) is 11.6. The number of nitrogens with zero attached hydrogens (tertiary/aromatic N) is 3. The maximum absolute atomic E-state index is 6.84. The lowest BCUT2D eigenvalue weighted by molar-refractivity contribution is 0.415. The van der Waals surface area contributed by atoms with Crippen LogP contribution in [0.25, 0.3) is 22.3 Å². The van der Waals surface area contributed by atoms with Crippen molar-refractivity contribution >= 4 is 22.8 Å². The molecular formula is C28H28ClN3O. The molecule has 0 amide bonds. The Morgan fingerprint density at radius 3 is 2.67 bits per heavy atom. The summed E-state index contributed by atoms with van der Waals surface area (Å²) >= 11 is 6.84. The summed E-state index contributed by atoms with van der Waals surface area (Å²) in [6.07, 6.45) is 21.3. The number of benzene rings is 1. The molecule has 1 aliphatic rings. The van der Waals surface area contributed by atoms with Crippen LogP contribution in [0.15, 0.2) is 78.9 Å². The molecule has 2 heterocycles. The molecule has 0 atom stereocenters. The first kappa shape index (κ1) is 22.8. The molecule has 1 aromatic carbocycles. The van der Waals surface area contributed by atoms with E-state index in [0.29, 0.717) is 11.6 Å².